The Balaban J connectivity index is 1.77. The van der Waals surface area contributed by atoms with E-state index in [0.29, 0.717) is 22.7 Å². The summed E-state index contributed by atoms with van der Waals surface area (Å²) in [5, 5.41) is 11.9. The largest absolute Gasteiger partial charge is 0.360 e. The minimum Gasteiger partial charge on any atom is -0.360 e. The molecule has 0 unspecified atom stereocenters. The minimum absolute atomic E-state index is 0.110. The number of hydrogen-bond acceptors (Lipinski definition) is 5. The molecule has 3 aromatic heterocycles. The highest BCUT2D eigenvalue weighted by atomic mass is 19.1. The zero-order valence-electron chi connectivity index (χ0n) is 14.5. The van der Waals surface area contributed by atoms with Crippen molar-refractivity contribution < 1.29 is 4.39 Å². The fraction of sp³-hybridized carbons (Fsp3) is 0.222. The van der Waals surface area contributed by atoms with Gasteiger partial charge in [-0.2, -0.15) is 14.7 Å². The van der Waals surface area contributed by atoms with Gasteiger partial charge in [-0.15, -0.1) is 0 Å². The molecule has 0 aliphatic carbocycles. The molecule has 0 aliphatic rings. The van der Waals surface area contributed by atoms with E-state index in [1.807, 2.05) is 18.5 Å². The SMILES string of the molecule is CCn1ncnc1[C@@H](C)Nc1cc(-c2ccccc2F)nc2ccnn12. The van der Waals surface area contributed by atoms with E-state index in [9.17, 15) is 4.39 Å². The maximum Gasteiger partial charge on any atom is 0.157 e. The van der Waals surface area contributed by atoms with Gasteiger partial charge in [0, 0.05) is 24.2 Å². The first-order valence-corrected chi connectivity index (χ1v) is 8.41. The number of aromatic nitrogens is 6. The van der Waals surface area contributed by atoms with Gasteiger partial charge in [0.25, 0.3) is 0 Å². The van der Waals surface area contributed by atoms with Crippen LogP contribution in [0.3, 0.4) is 0 Å². The topological polar surface area (TPSA) is 72.9 Å². The molecule has 1 aromatic carbocycles. The van der Waals surface area contributed by atoms with Crippen LogP contribution in [0, 0.1) is 5.82 Å². The standard InChI is InChI=1S/C18H18FN7/c1-3-25-18(20-11-22-25)12(2)23-17-10-15(13-6-4-5-7-14(13)19)24-16-8-9-21-26(16)17/h4-12,23H,3H2,1-2H3/t12-/m1/s1. The van der Waals surface area contributed by atoms with Crippen LogP contribution < -0.4 is 5.32 Å². The number of rotatable bonds is 5. The van der Waals surface area contributed by atoms with Gasteiger partial charge >= 0.3 is 0 Å². The van der Waals surface area contributed by atoms with Crippen LogP contribution in [0.2, 0.25) is 0 Å². The van der Waals surface area contributed by atoms with E-state index >= 15 is 0 Å². The number of aryl methyl sites for hydroxylation is 1. The van der Waals surface area contributed by atoms with Crippen molar-refractivity contribution in [2.45, 2.75) is 26.4 Å². The second-order valence-corrected chi connectivity index (χ2v) is 5.91. The first-order valence-electron chi connectivity index (χ1n) is 8.41. The third-order valence-electron chi connectivity index (χ3n) is 4.21. The number of nitrogens with zero attached hydrogens (tertiary/aromatic N) is 6. The number of hydrogen-bond donors (Lipinski definition) is 1. The van der Waals surface area contributed by atoms with E-state index < -0.39 is 0 Å². The van der Waals surface area contributed by atoms with Crippen molar-refractivity contribution in [2.24, 2.45) is 0 Å². The monoisotopic (exact) mass is 351 g/mol. The molecular weight excluding hydrogens is 333 g/mol. The van der Waals surface area contributed by atoms with Crippen molar-refractivity contribution >= 4 is 11.5 Å². The fourth-order valence-corrected chi connectivity index (χ4v) is 2.96. The lowest BCUT2D eigenvalue weighted by Gasteiger charge is -2.17. The highest BCUT2D eigenvalue weighted by Gasteiger charge is 2.16. The molecule has 0 saturated carbocycles. The molecule has 0 bridgehead atoms. The van der Waals surface area contributed by atoms with Crippen molar-refractivity contribution in [1.82, 2.24) is 29.4 Å². The average Bonchev–Trinajstić information content (AvgIpc) is 3.31. The third-order valence-corrected chi connectivity index (χ3v) is 4.21. The van der Waals surface area contributed by atoms with Crippen LogP contribution in [0.15, 0.2) is 48.9 Å². The van der Waals surface area contributed by atoms with Crippen LogP contribution in [0.25, 0.3) is 16.9 Å². The number of halogens is 1. The second-order valence-electron chi connectivity index (χ2n) is 5.91. The van der Waals surface area contributed by atoms with Gasteiger partial charge in [0.1, 0.15) is 23.8 Å². The van der Waals surface area contributed by atoms with E-state index in [2.05, 4.69) is 25.5 Å². The van der Waals surface area contributed by atoms with Crippen LogP contribution in [0.1, 0.15) is 25.7 Å². The summed E-state index contributed by atoms with van der Waals surface area (Å²) in [6.07, 6.45) is 3.20. The maximum atomic E-state index is 14.2. The summed E-state index contributed by atoms with van der Waals surface area (Å²) in [4.78, 5) is 8.85. The molecule has 0 spiro atoms. The molecule has 0 saturated heterocycles. The molecule has 8 heteroatoms. The normalized spacial score (nSPS) is 12.4. The number of nitrogens with one attached hydrogen (secondary N) is 1. The van der Waals surface area contributed by atoms with E-state index in [4.69, 9.17) is 0 Å². The van der Waals surface area contributed by atoms with Gasteiger partial charge < -0.3 is 5.32 Å². The van der Waals surface area contributed by atoms with Crippen LogP contribution in [0.5, 0.6) is 0 Å². The Labute approximate surface area is 149 Å². The molecule has 132 valence electrons. The first-order chi connectivity index (χ1) is 12.7. The molecule has 26 heavy (non-hydrogen) atoms. The summed E-state index contributed by atoms with van der Waals surface area (Å²) in [5.74, 6) is 1.21. The average molecular weight is 351 g/mol. The van der Waals surface area contributed by atoms with Crippen LogP contribution >= 0.6 is 0 Å². The van der Waals surface area contributed by atoms with Gasteiger partial charge in [0.15, 0.2) is 5.65 Å². The Morgan fingerprint density at radius 1 is 1.19 bits per heavy atom. The smallest absolute Gasteiger partial charge is 0.157 e. The van der Waals surface area contributed by atoms with Crippen LogP contribution in [-0.2, 0) is 6.54 Å². The summed E-state index contributed by atoms with van der Waals surface area (Å²) in [7, 11) is 0. The molecule has 3 heterocycles. The lowest BCUT2D eigenvalue weighted by Crippen LogP contribution is -2.16. The highest BCUT2D eigenvalue weighted by molar-refractivity contribution is 5.67. The third kappa shape index (κ3) is 2.79. The molecule has 0 amide bonds. The van der Waals surface area contributed by atoms with E-state index in [0.717, 1.165) is 12.4 Å². The van der Waals surface area contributed by atoms with Crippen molar-refractivity contribution in [3.8, 4) is 11.3 Å². The van der Waals surface area contributed by atoms with Crippen molar-refractivity contribution in [2.75, 3.05) is 5.32 Å². The Morgan fingerprint density at radius 3 is 2.85 bits per heavy atom. The molecule has 0 radical (unpaired) electrons. The summed E-state index contributed by atoms with van der Waals surface area (Å²) in [6, 6.07) is 10.1. The molecule has 4 rings (SSSR count). The zero-order chi connectivity index (χ0) is 18.1. The fourth-order valence-electron chi connectivity index (χ4n) is 2.96. The highest BCUT2D eigenvalue weighted by Crippen LogP contribution is 2.26. The lowest BCUT2D eigenvalue weighted by atomic mass is 10.1. The molecular formula is C18H18FN7. The minimum atomic E-state index is -0.311. The Hall–Kier alpha value is -3.29. The molecule has 7 nitrogen and oxygen atoms in total. The molecule has 0 aliphatic heterocycles. The van der Waals surface area contributed by atoms with Gasteiger partial charge in [0.2, 0.25) is 0 Å². The van der Waals surface area contributed by atoms with Gasteiger partial charge in [-0.05, 0) is 26.0 Å². The summed E-state index contributed by atoms with van der Waals surface area (Å²) in [6.45, 7) is 4.74. The quantitative estimate of drug-likeness (QED) is 0.597. The van der Waals surface area contributed by atoms with Crippen molar-refractivity contribution in [3.63, 3.8) is 0 Å². The summed E-state index contributed by atoms with van der Waals surface area (Å²) < 4.78 is 17.7. The molecule has 4 aromatic rings. The number of benzene rings is 1. The van der Waals surface area contributed by atoms with E-state index in [-0.39, 0.29) is 11.9 Å². The van der Waals surface area contributed by atoms with Gasteiger partial charge in [-0.3, -0.25) is 0 Å². The molecule has 0 fully saturated rings. The van der Waals surface area contributed by atoms with Crippen molar-refractivity contribution in [1.29, 1.82) is 0 Å². The molecule has 1 atom stereocenters. The zero-order valence-corrected chi connectivity index (χ0v) is 14.5. The lowest BCUT2D eigenvalue weighted by molar-refractivity contribution is 0.591. The Bertz CT molecular complexity index is 1050. The van der Waals surface area contributed by atoms with Crippen LogP contribution in [-0.4, -0.2) is 29.4 Å². The van der Waals surface area contributed by atoms with Crippen molar-refractivity contribution in [3.05, 3.63) is 60.6 Å². The predicted octanol–water partition coefficient (Wildman–Crippen LogP) is 3.32. The predicted molar refractivity (Wildman–Crippen MR) is 96.1 cm³/mol. The van der Waals surface area contributed by atoms with Gasteiger partial charge in [-0.25, -0.2) is 19.0 Å². The number of anilines is 1. The summed E-state index contributed by atoms with van der Waals surface area (Å²) in [5.41, 5.74) is 1.63. The van der Waals surface area contributed by atoms with E-state index in [1.54, 1.807) is 41.0 Å². The van der Waals surface area contributed by atoms with Gasteiger partial charge in [0.05, 0.1) is 17.9 Å². The van der Waals surface area contributed by atoms with Crippen LogP contribution in [0.4, 0.5) is 10.2 Å². The molecule has 1 N–H and O–H groups in total. The maximum absolute atomic E-state index is 14.2. The second kappa shape index (κ2) is 6.55. The number of fused-ring (bicyclic) bond motifs is 1. The summed E-state index contributed by atoms with van der Waals surface area (Å²) >= 11 is 0. The Kier molecular flexibility index (Phi) is 4.08. The van der Waals surface area contributed by atoms with Gasteiger partial charge in [-0.1, -0.05) is 12.1 Å². The first kappa shape index (κ1) is 16.2. The van der Waals surface area contributed by atoms with E-state index in [1.165, 1.54) is 12.4 Å². The Morgan fingerprint density at radius 2 is 2.04 bits per heavy atom.